The van der Waals surface area contributed by atoms with Gasteiger partial charge in [-0.3, -0.25) is 9.59 Å². The van der Waals surface area contributed by atoms with Crippen molar-refractivity contribution in [2.24, 2.45) is 0 Å². The Morgan fingerprint density at radius 2 is 1.72 bits per heavy atom. The number of aliphatic hydroxyl groups is 1. The molecule has 1 rings (SSSR count). The number of carbonyl (C=O) groups excluding carboxylic acids is 1. The first-order valence-corrected chi connectivity index (χ1v) is 7.62. The minimum atomic E-state index is -2.17. The summed E-state index contributed by atoms with van der Waals surface area (Å²) in [4.78, 5) is 23.2. The zero-order chi connectivity index (χ0) is 19.8. The first kappa shape index (κ1) is 23.1. The van der Waals surface area contributed by atoms with Gasteiger partial charge >= 0.3 is 13.3 Å². The van der Waals surface area contributed by atoms with E-state index in [4.69, 9.17) is 24.5 Å². The van der Waals surface area contributed by atoms with Crippen molar-refractivity contribution in [1.82, 2.24) is 4.57 Å². The Balaban J connectivity index is 0.00000129. The van der Waals surface area contributed by atoms with Crippen molar-refractivity contribution in [3.8, 4) is 5.75 Å². The first-order valence-electron chi connectivity index (χ1n) is 7.62. The highest BCUT2D eigenvalue weighted by atomic mass is 16.5. The van der Waals surface area contributed by atoms with Crippen LogP contribution in [0.5, 0.6) is 5.75 Å². The van der Waals surface area contributed by atoms with E-state index in [1.165, 1.54) is 22.9 Å². The lowest BCUT2D eigenvalue weighted by Gasteiger charge is -2.37. The van der Waals surface area contributed by atoms with E-state index in [2.05, 4.69) is 0 Å². The number of carbonyl (C=O) groups is 1. The molecule has 0 aliphatic rings. The minimum Gasteiger partial charge on any atom is -0.483 e. The van der Waals surface area contributed by atoms with Crippen LogP contribution in [0.4, 0.5) is 0 Å². The zero-order valence-electron chi connectivity index (χ0n) is 15.1. The summed E-state index contributed by atoms with van der Waals surface area (Å²) in [7, 11) is -2.17. The van der Waals surface area contributed by atoms with Crippen LogP contribution in [-0.4, -0.2) is 55.8 Å². The Morgan fingerprint density at radius 3 is 2.16 bits per heavy atom. The first-order chi connectivity index (χ1) is 11.3. The van der Waals surface area contributed by atoms with Gasteiger partial charge in [-0.2, -0.15) is 0 Å². The number of aromatic nitrogens is 1. The normalized spacial score (nSPS) is 11.2. The Bertz CT molecular complexity index is 604. The summed E-state index contributed by atoms with van der Waals surface area (Å²) < 4.78 is 11.8. The largest absolute Gasteiger partial charge is 0.631 e. The van der Waals surface area contributed by atoms with Gasteiger partial charge in [-0.15, -0.1) is 0 Å². The summed E-state index contributed by atoms with van der Waals surface area (Å²) in [6, 6.07) is 2.83. The summed E-state index contributed by atoms with van der Waals surface area (Å²) >= 11 is 0. The van der Waals surface area contributed by atoms with E-state index in [0.29, 0.717) is 5.75 Å². The van der Waals surface area contributed by atoms with Crippen molar-refractivity contribution in [2.45, 2.75) is 52.4 Å². The molecule has 0 fully saturated rings. The van der Waals surface area contributed by atoms with Crippen LogP contribution in [0.1, 0.15) is 34.6 Å². The van der Waals surface area contributed by atoms with E-state index in [1.54, 1.807) is 34.6 Å². The molecule has 142 valence electrons. The molecule has 0 radical (unpaired) electrons. The summed E-state index contributed by atoms with van der Waals surface area (Å²) in [5, 5.41) is 31.6. The van der Waals surface area contributed by atoms with Crippen molar-refractivity contribution in [1.29, 1.82) is 0 Å². The maximum absolute atomic E-state index is 11.7. The van der Waals surface area contributed by atoms with Gasteiger partial charge in [0.2, 0.25) is 0 Å². The van der Waals surface area contributed by atoms with Gasteiger partial charge in [-0.05, 0) is 40.7 Å². The molecule has 4 N–H and O–H groups in total. The van der Waals surface area contributed by atoms with Gasteiger partial charge in [-0.1, -0.05) is 0 Å². The number of nitrogens with zero attached hydrogens (tertiary/aromatic N) is 1. The van der Waals surface area contributed by atoms with Crippen LogP contribution in [-0.2, 0) is 16.1 Å². The topological polar surface area (TPSA) is 138 Å². The maximum atomic E-state index is 11.7. The zero-order valence-corrected chi connectivity index (χ0v) is 15.1. The maximum Gasteiger partial charge on any atom is 0.631 e. The van der Waals surface area contributed by atoms with Crippen LogP contribution in [0.2, 0.25) is 0 Å². The fraction of sp³-hybridized carbons (Fsp3) is 0.600. The number of rotatable bonds is 6. The molecular weight excluding hydrogens is 333 g/mol. The Hall–Kier alpha value is -1.88. The lowest BCUT2D eigenvalue weighted by molar-refractivity contribution is -0.143. The highest BCUT2D eigenvalue weighted by Crippen LogP contribution is 2.27. The second kappa shape index (κ2) is 9.57. The number of ether oxygens (including phenoxy) is 2. The second-order valence-electron chi connectivity index (χ2n) is 6.15. The van der Waals surface area contributed by atoms with E-state index in [-0.39, 0.29) is 18.7 Å². The average Bonchev–Trinajstić information content (AvgIpc) is 2.40. The quantitative estimate of drug-likeness (QED) is 0.386. The van der Waals surface area contributed by atoms with Gasteiger partial charge in [0.1, 0.15) is 17.9 Å². The smallest absolute Gasteiger partial charge is 0.483 e. The molecule has 0 aliphatic carbocycles. The van der Waals surface area contributed by atoms with Crippen molar-refractivity contribution >= 4 is 13.3 Å². The summed E-state index contributed by atoms with van der Waals surface area (Å²) in [5.74, 6) is -0.0930. The minimum absolute atomic E-state index is 0.174. The molecule has 0 saturated heterocycles. The summed E-state index contributed by atoms with van der Waals surface area (Å²) in [6.07, 6.45) is 1.44. The molecule has 0 aromatic carbocycles. The molecule has 0 amide bonds. The monoisotopic (exact) mass is 359 g/mol. The molecule has 10 heteroatoms. The highest BCUT2D eigenvalue weighted by Gasteiger charge is 2.37. The highest BCUT2D eigenvalue weighted by molar-refractivity contribution is 6.30. The third-order valence-electron chi connectivity index (χ3n) is 3.41. The lowest BCUT2D eigenvalue weighted by atomic mass is 9.89. The molecule has 1 aromatic heterocycles. The van der Waals surface area contributed by atoms with Gasteiger partial charge in [0, 0.05) is 12.3 Å². The van der Waals surface area contributed by atoms with E-state index in [9.17, 15) is 14.7 Å². The molecule has 0 bridgehead atoms. The fourth-order valence-corrected chi connectivity index (χ4v) is 1.46. The van der Waals surface area contributed by atoms with E-state index in [1.807, 2.05) is 0 Å². The van der Waals surface area contributed by atoms with Crippen LogP contribution >= 0.6 is 0 Å². The van der Waals surface area contributed by atoms with E-state index in [0.717, 1.165) is 0 Å². The predicted octanol–water partition coefficient (Wildman–Crippen LogP) is -0.712. The number of pyridine rings is 1. The van der Waals surface area contributed by atoms with E-state index >= 15 is 0 Å². The molecule has 9 nitrogen and oxygen atoms in total. The molecule has 0 saturated carbocycles. The molecular formula is C15H26BNO8. The van der Waals surface area contributed by atoms with Gasteiger partial charge in [0.25, 0.3) is 5.56 Å². The standard InChI is InChI=1S/C15H23NO5.BH3O3/c1-6-20-13(18)10-16-9-11(7-8-12(16)17)21-15(4,5)14(2,3)19;2-1(3)4/h7-9,19H,6,10H2,1-5H3;2-4H. The van der Waals surface area contributed by atoms with Gasteiger partial charge < -0.3 is 34.2 Å². The number of esters is 1. The van der Waals surface area contributed by atoms with Crippen molar-refractivity contribution in [3.63, 3.8) is 0 Å². The van der Waals surface area contributed by atoms with Crippen molar-refractivity contribution in [3.05, 3.63) is 28.7 Å². The van der Waals surface area contributed by atoms with Crippen LogP contribution in [0.25, 0.3) is 0 Å². The number of hydrogen-bond donors (Lipinski definition) is 4. The molecule has 1 heterocycles. The predicted molar refractivity (Wildman–Crippen MR) is 90.8 cm³/mol. The number of hydrogen-bond acceptors (Lipinski definition) is 8. The molecule has 0 spiro atoms. The van der Waals surface area contributed by atoms with Gasteiger partial charge in [0.05, 0.1) is 12.2 Å². The van der Waals surface area contributed by atoms with Crippen LogP contribution < -0.4 is 10.3 Å². The van der Waals surface area contributed by atoms with Crippen LogP contribution in [0, 0.1) is 0 Å². The second-order valence-corrected chi connectivity index (χ2v) is 6.15. The average molecular weight is 359 g/mol. The van der Waals surface area contributed by atoms with Crippen molar-refractivity contribution in [2.75, 3.05) is 6.61 Å². The molecule has 0 aliphatic heterocycles. The van der Waals surface area contributed by atoms with Crippen LogP contribution in [0.3, 0.4) is 0 Å². The molecule has 1 aromatic rings. The Morgan fingerprint density at radius 1 is 1.20 bits per heavy atom. The third kappa shape index (κ3) is 8.68. The van der Waals surface area contributed by atoms with Gasteiger partial charge in [0.15, 0.2) is 0 Å². The van der Waals surface area contributed by atoms with Crippen molar-refractivity contribution < 1.29 is 34.4 Å². The Labute approximate surface area is 146 Å². The summed E-state index contributed by atoms with van der Waals surface area (Å²) in [5.41, 5.74) is -2.26. The lowest BCUT2D eigenvalue weighted by Crippen LogP contribution is -2.49. The van der Waals surface area contributed by atoms with E-state index < -0.39 is 24.5 Å². The molecule has 0 unspecified atom stereocenters. The SMILES string of the molecule is CCOC(=O)Cn1cc(OC(C)(C)C(C)(C)O)ccc1=O.OB(O)O. The Kier molecular flexibility index (Phi) is 8.85. The van der Waals surface area contributed by atoms with Gasteiger partial charge in [-0.25, -0.2) is 0 Å². The molecule has 25 heavy (non-hydrogen) atoms. The van der Waals surface area contributed by atoms with Crippen LogP contribution in [0.15, 0.2) is 23.1 Å². The summed E-state index contributed by atoms with van der Waals surface area (Å²) in [6.45, 7) is 8.55. The third-order valence-corrected chi connectivity index (χ3v) is 3.41. The molecule has 0 atom stereocenters. The fourth-order valence-electron chi connectivity index (χ4n) is 1.46.